The molecule has 0 aliphatic rings. The van der Waals surface area contributed by atoms with Crippen molar-refractivity contribution in [2.24, 2.45) is 0 Å². The summed E-state index contributed by atoms with van der Waals surface area (Å²) in [4.78, 5) is 0. The van der Waals surface area contributed by atoms with Crippen LogP contribution in [0.15, 0.2) is 133 Å². The zero-order valence-electron chi connectivity index (χ0n) is 48.6. The lowest BCUT2D eigenvalue weighted by atomic mass is 9.85. The van der Waals surface area contributed by atoms with Gasteiger partial charge in [-0.1, -0.05) is 107 Å². The van der Waals surface area contributed by atoms with Crippen LogP contribution >= 0.6 is 0 Å². The number of benzene rings is 8. The summed E-state index contributed by atoms with van der Waals surface area (Å²) in [6.07, 6.45) is 0.481. The van der Waals surface area contributed by atoms with Gasteiger partial charge in [-0.15, -0.1) is 0 Å². The predicted molar refractivity (Wildman–Crippen MR) is 326 cm³/mol. The van der Waals surface area contributed by atoms with E-state index in [1.54, 1.807) is 12.1 Å². The minimum Gasteiger partial charge on any atom is -0.711 e. The zero-order valence-corrected chi connectivity index (χ0v) is 48.6. The van der Waals surface area contributed by atoms with Crippen molar-refractivity contribution in [3.8, 4) is 56.6 Å². The molecule has 0 radical (unpaired) electrons. The molecule has 6 nitrogen and oxygen atoms in total. The lowest BCUT2D eigenvalue weighted by Gasteiger charge is -2.33. The molecule has 0 saturated carbocycles. The Morgan fingerprint density at radius 1 is 0.392 bits per heavy atom. The topological polar surface area (TPSA) is 55.7 Å². The maximum atomic E-state index is 15.5. The van der Waals surface area contributed by atoms with Crippen LogP contribution in [0.3, 0.4) is 0 Å². The second kappa shape index (κ2) is 19.6. The molecule has 0 atom stereocenters. The molecule has 10 aromatic rings. The Bertz CT molecular complexity index is 3630. The fourth-order valence-electron chi connectivity index (χ4n) is 11.3. The van der Waals surface area contributed by atoms with Gasteiger partial charge in [-0.05, 0) is 180 Å². The van der Waals surface area contributed by atoms with E-state index in [9.17, 15) is 10.2 Å². The first-order valence-corrected chi connectivity index (χ1v) is 27.5. The summed E-state index contributed by atoms with van der Waals surface area (Å²) in [6, 6.07) is 43.1. The molecule has 0 amide bonds. The number of hydrogen-bond acceptors (Lipinski definition) is 2. The van der Waals surface area contributed by atoms with E-state index < -0.39 is 11.6 Å². The van der Waals surface area contributed by atoms with E-state index in [1.165, 1.54) is 46.5 Å². The van der Waals surface area contributed by atoms with Gasteiger partial charge >= 0.3 is 0 Å². The van der Waals surface area contributed by atoms with E-state index in [2.05, 4.69) is 188 Å². The third-order valence-electron chi connectivity index (χ3n) is 15.8. The van der Waals surface area contributed by atoms with Crippen LogP contribution in [0, 0.1) is 39.7 Å². The SMILES string of the molecule is [CH2-][O+](CCC[O+]([CH2-])c1ccc(F)cc1-c1cc(C)cc(-n2c3ccc(C(C)(C)C)cc3c3cc(C(C)(C)C)ccc32)c1O)c1ccc(F)cc1-c1cc(C)cc(-n2c3ccc(C(C)(C)C)cc3c3cc(C(C)(C)C)ccc32)c1O. The summed E-state index contributed by atoms with van der Waals surface area (Å²) in [5.74, 6) is 0.219. The van der Waals surface area contributed by atoms with E-state index in [4.69, 9.17) is 0 Å². The van der Waals surface area contributed by atoms with Crippen LogP contribution in [0.5, 0.6) is 23.0 Å². The van der Waals surface area contributed by atoms with Gasteiger partial charge in [0.25, 0.3) is 0 Å². The highest BCUT2D eigenvalue weighted by Crippen LogP contribution is 2.49. The lowest BCUT2D eigenvalue weighted by Crippen LogP contribution is -2.10. The highest BCUT2D eigenvalue weighted by Gasteiger charge is 2.28. The summed E-state index contributed by atoms with van der Waals surface area (Å²) >= 11 is 0. The van der Waals surface area contributed by atoms with Crippen LogP contribution in [0.1, 0.15) is 123 Å². The van der Waals surface area contributed by atoms with E-state index in [0.29, 0.717) is 64.8 Å². The summed E-state index contributed by atoms with van der Waals surface area (Å²) in [5, 5.41) is 29.5. The van der Waals surface area contributed by atoms with E-state index in [1.807, 2.05) is 38.1 Å². The molecular weight excluding hydrogens is 983 g/mol. The zero-order chi connectivity index (χ0) is 57.0. The molecule has 8 heteroatoms. The summed E-state index contributed by atoms with van der Waals surface area (Å²) in [6.45, 7) is 31.2. The largest absolute Gasteiger partial charge is 0.711 e. The summed E-state index contributed by atoms with van der Waals surface area (Å²) < 4.78 is 41.1. The first kappa shape index (κ1) is 54.8. The fraction of sp³-hybridized carbons (Fsp3) is 0.296. The van der Waals surface area contributed by atoms with E-state index >= 15 is 8.78 Å². The number of rotatable bonds is 10. The summed E-state index contributed by atoms with van der Waals surface area (Å²) in [5.41, 5.74) is 13.2. The second-order valence-electron chi connectivity index (χ2n) is 26.0. The first-order chi connectivity index (χ1) is 37.0. The number of halogens is 2. The standard InChI is InChI=1S/C71H76F2N2O4/c1-42-32-56(66(76)62(34-42)74-58-24-18-44(68(3,4)5)36-50(58)51-37-45(69(6,7)8)19-25-59(51)74)54-40-48(72)22-28-64(54)78(15)30-17-31-79(16)65-29-23-49(73)41-55(65)57-33-43(2)35-63(67(57)77)75-60-26-20-46(70(9,10)11)38-52(60)53-39-47(71(12,13)14)21-27-61(53)75/h18-29,32-41,76-77H,15-17,30-31H2,1-14H3. The quantitative estimate of drug-likeness (QED) is 0.106. The number of aromatic nitrogens is 2. The highest BCUT2D eigenvalue weighted by atomic mass is 19.1. The highest BCUT2D eigenvalue weighted by molar-refractivity contribution is 6.11. The van der Waals surface area contributed by atoms with Gasteiger partial charge in [0.2, 0.25) is 11.5 Å². The molecule has 0 aliphatic carbocycles. The number of aryl methyl sites for hydroxylation is 2. The van der Waals surface area contributed by atoms with Gasteiger partial charge in [-0.2, -0.15) is 0 Å². The first-order valence-electron chi connectivity index (χ1n) is 27.5. The maximum Gasteiger partial charge on any atom is 0.234 e. The van der Waals surface area contributed by atoms with Crippen molar-refractivity contribution in [1.29, 1.82) is 0 Å². The Kier molecular flexibility index (Phi) is 13.6. The Hall–Kier alpha value is -7.58. The van der Waals surface area contributed by atoms with Crippen LogP contribution in [-0.4, -0.2) is 32.6 Å². The van der Waals surface area contributed by atoms with Crippen LogP contribution in [-0.2, 0) is 30.4 Å². The molecule has 0 fully saturated rings. The molecule has 2 heterocycles. The van der Waals surface area contributed by atoms with Crippen molar-refractivity contribution in [1.82, 2.24) is 9.13 Å². The van der Waals surface area contributed by atoms with Crippen molar-refractivity contribution in [3.63, 3.8) is 0 Å². The van der Waals surface area contributed by atoms with Crippen LogP contribution in [0.4, 0.5) is 8.78 Å². The number of phenols is 2. The third kappa shape index (κ3) is 10.1. The Labute approximate surface area is 465 Å². The molecule has 0 saturated heterocycles. The Balaban J connectivity index is 0.978. The number of fused-ring (bicyclic) bond motifs is 6. The minimum absolute atomic E-state index is 0.0124. The molecule has 0 unspecified atom stereocenters. The number of nitrogens with zero attached hydrogens (tertiary/aromatic N) is 2. The van der Waals surface area contributed by atoms with Crippen LogP contribution in [0.2, 0.25) is 0 Å². The molecule has 10 rings (SSSR count). The Morgan fingerprint density at radius 2 is 0.684 bits per heavy atom. The van der Waals surface area contributed by atoms with Crippen molar-refractivity contribution in [3.05, 3.63) is 193 Å². The molecule has 0 spiro atoms. The van der Waals surface area contributed by atoms with Gasteiger partial charge < -0.3 is 28.1 Å². The van der Waals surface area contributed by atoms with Gasteiger partial charge in [0.05, 0.1) is 44.6 Å². The average molecular weight is 1060 g/mol. The van der Waals surface area contributed by atoms with Crippen molar-refractivity contribution in [2.45, 2.75) is 125 Å². The van der Waals surface area contributed by atoms with Gasteiger partial charge in [0.15, 0.2) is 13.2 Å². The average Bonchev–Trinajstić information content (AvgIpc) is 3.80. The number of aromatic hydroxyl groups is 2. The molecule has 2 N–H and O–H groups in total. The number of phenolic OH excluding ortho intramolecular Hbond substituents is 2. The summed E-state index contributed by atoms with van der Waals surface area (Å²) in [7, 11) is 8.74. The molecule has 0 bridgehead atoms. The normalized spacial score (nSPS) is 12.7. The van der Waals surface area contributed by atoms with E-state index in [0.717, 1.165) is 54.7 Å². The third-order valence-corrected chi connectivity index (χ3v) is 15.8. The molecule has 79 heavy (non-hydrogen) atoms. The molecule has 408 valence electrons. The molecular formula is C71H76F2N2O4. The monoisotopic (exact) mass is 1060 g/mol. The fourth-order valence-corrected chi connectivity index (χ4v) is 11.3. The Morgan fingerprint density at radius 3 is 0.962 bits per heavy atom. The predicted octanol–water partition coefficient (Wildman–Crippen LogP) is 19.9. The van der Waals surface area contributed by atoms with Gasteiger partial charge in [0, 0.05) is 44.8 Å². The van der Waals surface area contributed by atoms with Crippen LogP contribution in [0.25, 0.3) is 77.2 Å². The molecule has 0 aliphatic heterocycles. The van der Waals surface area contributed by atoms with Crippen molar-refractivity contribution >= 4 is 43.6 Å². The maximum absolute atomic E-state index is 15.5. The van der Waals surface area contributed by atoms with Gasteiger partial charge in [-0.25, -0.2) is 8.78 Å². The smallest absolute Gasteiger partial charge is 0.234 e. The minimum atomic E-state index is -0.454. The molecule has 8 aromatic carbocycles. The van der Waals surface area contributed by atoms with Crippen molar-refractivity contribution < 1.29 is 27.7 Å². The lowest BCUT2D eigenvalue weighted by molar-refractivity contribution is -0.0160. The van der Waals surface area contributed by atoms with Crippen LogP contribution < -0.4 is 0 Å². The molecule has 2 aromatic heterocycles. The van der Waals surface area contributed by atoms with Crippen molar-refractivity contribution in [2.75, 3.05) is 13.2 Å². The second-order valence-corrected chi connectivity index (χ2v) is 26.0. The van der Waals surface area contributed by atoms with Gasteiger partial charge in [0.1, 0.15) is 29.6 Å². The van der Waals surface area contributed by atoms with E-state index in [-0.39, 0.29) is 33.2 Å². The number of hydrogen-bond donors (Lipinski definition) is 2. The van der Waals surface area contributed by atoms with Gasteiger partial charge in [-0.3, -0.25) is 0 Å².